The van der Waals surface area contributed by atoms with Gasteiger partial charge in [-0.1, -0.05) is 6.42 Å². The molecular weight excluding hydrogens is 136 g/mol. The molecule has 0 saturated heterocycles. The summed E-state index contributed by atoms with van der Waals surface area (Å²) in [4.78, 5) is 0. The molecule has 0 radical (unpaired) electrons. The predicted octanol–water partition coefficient (Wildman–Crippen LogP) is 1.80. The molecule has 0 aromatic carbocycles. The molecule has 1 heteroatoms. The molecule has 1 N–H and O–H groups in total. The Balaban J connectivity index is 1.64. The van der Waals surface area contributed by atoms with Gasteiger partial charge < -0.3 is 5.11 Å². The first-order valence-corrected chi connectivity index (χ1v) is 5.06. The van der Waals surface area contributed by atoms with E-state index in [1.165, 1.54) is 32.1 Å². The minimum Gasteiger partial charge on any atom is -0.393 e. The number of fused-ring (bicyclic) bond motifs is 1. The lowest BCUT2D eigenvalue weighted by molar-refractivity contribution is 0.113. The first kappa shape index (κ1) is 6.47. The van der Waals surface area contributed by atoms with E-state index in [2.05, 4.69) is 0 Å². The van der Waals surface area contributed by atoms with Gasteiger partial charge in [0.1, 0.15) is 0 Å². The van der Waals surface area contributed by atoms with Gasteiger partial charge in [0.25, 0.3) is 0 Å². The van der Waals surface area contributed by atoms with E-state index in [1.54, 1.807) is 0 Å². The first-order chi connectivity index (χ1) is 5.38. The van der Waals surface area contributed by atoms with E-state index in [1.807, 2.05) is 0 Å². The van der Waals surface area contributed by atoms with E-state index in [4.69, 9.17) is 0 Å². The first-order valence-electron chi connectivity index (χ1n) is 5.06. The highest BCUT2D eigenvalue weighted by molar-refractivity contribution is 5.06. The zero-order valence-corrected chi connectivity index (χ0v) is 6.87. The highest BCUT2D eigenvalue weighted by Gasteiger charge is 2.58. The zero-order chi connectivity index (χ0) is 7.42. The Morgan fingerprint density at radius 2 is 1.64 bits per heavy atom. The van der Waals surface area contributed by atoms with Crippen molar-refractivity contribution in [2.75, 3.05) is 0 Å². The summed E-state index contributed by atoms with van der Waals surface area (Å²) in [6, 6.07) is 0. The molecule has 0 aliphatic heterocycles. The lowest BCUT2D eigenvalue weighted by atomic mass is 10.0. The molecule has 3 atom stereocenters. The third kappa shape index (κ3) is 0.868. The van der Waals surface area contributed by atoms with E-state index < -0.39 is 0 Å². The van der Waals surface area contributed by atoms with Crippen LogP contribution >= 0.6 is 0 Å². The van der Waals surface area contributed by atoms with E-state index in [9.17, 15) is 5.11 Å². The van der Waals surface area contributed by atoms with Gasteiger partial charge >= 0.3 is 0 Å². The van der Waals surface area contributed by atoms with E-state index in [0.717, 1.165) is 17.8 Å². The number of rotatable bonds is 2. The fourth-order valence-corrected chi connectivity index (χ4v) is 3.14. The smallest absolute Gasteiger partial charge is 0.0602 e. The van der Waals surface area contributed by atoms with Crippen LogP contribution in [0.5, 0.6) is 0 Å². The lowest BCUT2D eigenvalue weighted by Gasteiger charge is -2.10. The normalized spacial score (nSPS) is 50.5. The van der Waals surface area contributed by atoms with Crippen molar-refractivity contribution in [3.8, 4) is 0 Å². The molecule has 3 unspecified atom stereocenters. The van der Waals surface area contributed by atoms with E-state index in [0.29, 0.717) is 5.92 Å². The molecule has 0 aromatic rings. The fourth-order valence-electron chi connectivity index (χ4n) is 3.14. The maximum absolute atomic E-state index is 9.83. The largest absolute Gasteiger partial charge is 0.393 e. The van der Waals surface area contributed by atoms with Crippen LogP contribution in [-0.4, -0.2) is 11.2 Å². The van der Waals surface area contributed by atoms with Crippen molar-refractivity contribution in [3.63, 3.8) is 0 Å². The van der Waals surface area contributed by atoms with Crippen LogP contribution in [0.2, 0.25) is 0 Å². The van der Waals surface area contributed by atoms with Crippen LogP contribution in [-0.2, 0) is 0 Å². The van der Waals surface area contributed by atoms with Crippen molar-refractivity contribution in [1.29, 1.82) is 0 Å². The molecule has 0 bridgehead atoms. The monoisotopic (exact) mass is 152 g/mol. The SMILES string of the molecule is OC(C1CC1)C1C2CCCC21. The van der Waals surface area contributed by atoms with Crippen LogP contribution in [0.1, 0.15) is 32.1 Å². The van der Waals surface area contributed by atoms with Gasteiger partial charge in [-0.15, -0.1) is 0 Å². The molecule has 1 nitrogen and oxygen atoms in total. The Labute approximate surface area is 67.8 Å². The fraction of sp³-hybridized carbons (Fsp3) is 1.00. The highest BCUT2D eigenvalue weighted by Crippen LogP contribution is 2.61. The molecule has 0 spiro atoms. The quantitative estimate of drug-likeness (QED) is 0.639. The number of aliphatic hydroxyl groups is 1. The molecule has 62 valence electrons. The molecule has 0 amide bonds. The summed E-state index contributed by atoms with van der Waals surface area (Å²) in [6.45, 7) is 0. The second kappa shape index (κ2) is 2.01. The van der Waals surface area contributed by atoms with Gasteiger partial charge in [0.2, 0.25) is 0 Å². The van der Waals surface area contributed by atoms with Crippen molar-refractivity contribution >= 4 is 0 Å². The van der Waals surface area contributed by atoms with Gasteiger partial charge in [0, 0.05) is 0 Å². The van der Waals surface area contributed by atoms with Gasteiger partial charge in [-0.25, -0.2) is 0 Å². The Morgan fingerprint density at radius 3 is 2.18 bits per heavy atom. The van der Waals surface area contributed by atoms with Crippen LogP contribution in [0.25, 0.3) is 0 Å². The van der Waals surface area contributed by atoms with Gasteiger partial charge in [-0.2, -0.15) is 0 Å². The maximum atomic E-state index is 9.83. The molecule has 0 heterocycles. The Bertz CT molecular complexity index is 164. The summed E-state index contributed by atoms with van der Waals surface area (Å²) < 4.78 is 0. The van der Waals surface area contributed by atoms with Gasteiger partial charge in [-0.05, 0) is 49.4 Å². The summed E-state index contributed by atoms with van der Waals surface area (Å²) in [5.74, 6) is 3.36. The summed E-state index contributed by atoms with van der Waals surface area (Å²) in [6.07, 6.45) is 6.97. The van der Waals surface area contributed by atoms with Crippen LogP contribution in [0.4, 0.5) is 0 Å². The highest BCUT2D eigenvalue weighted by atomic mass is 16.3. The van der Waals surface area contributed by atoms with Crippen molar-refractivity contribution < 1.29 is 5.11 Å². The second-order valence-corrected chi connectivity index (χ2v) is 4.66. The summed E-state index contributed by atoms with van der Waals surface area (Å²) in [7, 11) is 0. The topological polar surface area (TPSA) is 20.2 Å². The molecule has 3 aliphatic carbocycles. The van der Waals surface area contributed by atoms with Crippen molar-refractivity contribution in [2.24, 2.45) is 23.7 Å². The van der Waals surface area contributed by atoms with Crippen LogP contribution < -0.4 is 0 Å². The third-order valence-corrected chi connectivity index (χ3v) is 3.97. The third-order valence-electron chi connectivity index (χ3n) is 3.97. The van der Waals surface area contributed by atoms with Gasteiger partial charge in [0.05, 0.1) is 6.10 Å². The number of hydrogen-bond donors (Lipinski definition) is 1. The molecule has 3 rings (SSSR count). The molecular formula is C10H16O. The minimum atomic E-state index is 0.102. The molecule has 0 aromatic heterocycles. The van der Waals surface area contributed by atoms with Gasteiger partial charge in [0.15, 0.2) is 0 Å². The number of hydrogen-bond acceptors (Lipinski definition) is 1. The van der Waals surface area contributed by atoms with Gasteiger partial charge in [-0.3, -0.25) is 0 Å². The van der Waals surface area contributed by atoms with E-state index >= 15 is 0 Å². The Hall–Kier alpha value is -0.0400. The average molecular weight is 152 g/mol. The molecule has 3 saturated carbocycles. The van der Waals surface area contributed by atoms with Crippen molar-refractivity contribution in [1.82, 2.24) is 0 Å². The Morgan fingerprint density at radius 1 is 1.00 bits per heavy atom. The van der Waals surface area contributed by atoms with Crippen molar-refractivity contribution in [3.05, 3.63) is 0 Å². The van der Waals surface area contributed by atoms with Crippen LogP contribution in [0.15, 0.2) is 0 Å². The number of aliphatic hydroxyl groups excluding tert-OH is 1. The zero-order valence-electron chi connectivity index (χ0n) is 6.87. The van der Waals surface area contributed by atoms with Crippen molar-refractivity contribution in [2.45, 2.75) is 38.2 Å². The summed E-state index contributed by atoms with van der Waals surface area (Å²) in [5, 5.41) is 9.83. The average Bonchev–Trinajstić information content (AvgIpc) is 2.91. The summed E-state index contributed by atoms with van der Waals surface area (Å²) >= 11 is 0. The van der Waals surface area contributed by atoms with E-state index in [-0.39, 0.29) is 6.10 Å². The molecule has 3 aliphatic rings. The van der Waals surface area contributed by atoms with Crippen LogP contribution in [0.3, 0.4) is 0 Å². The second-order valence-electron chi connectivity index (χ2n) is 4.66. The summed E-state index contributed by atoms with van der Waals surface area (Å²) in [5.41, 5.74) is 0. The maximum Gasteiger partial charge on any atom is 0.0602 e. The predicted molar refractivity (Wildman–Crippen MR) is 43.1 cm³/mol. The van der Waals surface area contributed by atoms with Crippen LogP contribution in [0, 0.1) is 23.7 Å². The molecule has 11 heavy (non-hydrogen) atoms. The Kier molecular flexibility index (Phi) is 1.18. The molecule has 3 fully saturated rings. The minimum absolute atomic E-state index is 0.102. The standard InChI is InChI=1S/C10H16O/c11-10(6-4-5-6)9-7-2-1-3-8(7)9/h6-11H,1-5H2. The lowest BCUT2D eigenvalue weighted by Crippen LogP contribution is -2.15.